The number of nitrogens with one attached hydrogen (secondary N) is 1. The molecule has 2 heterocycles. The fourth-order valence-electron chi connectivity index (χ4n) is 3.10. The van der Waals surface area contributed by atoms with E-state index in [1.54, 1.807) is 0 Å². The third kappa shape index (κ3) is 2.57. The van der Waals surface area contributed by atoms with Crippen molar-refractivity contribution in [2.45, 2.75) is 38.6 Å². The lowest BCUT2D eigenvalue weighted by molar-refractivity contribution is 0.0746. The van der Waals surface area contributed by atoms with Crippen LogP contribution in [0.15, 0.2) is 18.2 Å². The molecule has 1 atom stereocenters. The first-order valence-electron chi connectivity index (χ1n) is 6.94. The van der Waals surface area contributed by atoms with Crippen LogP contribution >= 0.6 is 12.4 Å². The molecule has 1 aromatic rings. The molecule has 1 amide bonds. The number of carbonyl (C=O) groups excluding carboxylic acids is 1. The first-order valence-corrected chi connectivity index (χ1v) is 6.94. The monoisotopic (exact) mass is 280 g/mol. The van der Waals surface area contributed by atoms with Crippen LogP contribution in [0.2, 0.25) is 0 Å². The fourth-order valence-corrected chi connectivity index (χ4v) is 3.10. The van der Waals surface area contributed by atoms with Crippen molar-refractivity contribution in [3.8, 4) is 0 Å². The maximum atomic E-state index is 12.6. The van der Waals surface area contributed by atoms with Gasteiger partial charge < -0.3 is 10.2 Å². The lowest BCUT2D eigenvalue weighted by Gasteiger charge is -2.25. The summed E-state index contributed by atoms with van der Waals surface area (Å²) in [5.74, 6) is 0.223. The third-order valence-electron chi connectivity index (χ3n) is 4.14. The molecular weight excluding hydrogens is 260 g/mol. The maximum Gasteiger partial charge on any atom is 0.254 e. The molecule has 2 aliphatic rings. The number of carbonyl (C=O) groups is 1. The third-order valence-corrected chi connectivity index (χ3v) is 4.14. The second-order valence-electron chi connectivity index (χ2n) is 5.35. The molecule has 0 bridgehead atoms. The predicted molar refractivity (Wildman–Crippen MR) is 80.2 cm³/mol. The first-order chi connectivity index (χ1) is 8.77. The summed E-state index contributed by atoms with van der Waals surface area (Å²) < 4.78 is 0. The smallest absolute Gasteiger partial charge is 0.254 e. The number of halogens is 1. The highest BCUT2D eigenvalue weighted by Gasteiger charge is 2.28. The van der Waals surface area contributed by atoms with E-state index < -0.39 is 0 Å². The van der Waals surface area contributed by atoms with Crippen molar-refractivity contribution >= 4 is 24.0 Å². The Morgan fingerprint density at radius 3 is 2.95 bits per heavy atom. The van der Waals surface area contributed by atoms with Gasteiger partial charge in [0.1, 0.15) is 0 Å². The lowest BCUT2D eigenvalue weighted by atomic mass is 9.96. The minimum atomic E-state index is 0. The number of likely N-dealkylation sites (tertiary alicyclic amines) is 1. The molecule has 3 nitrogen and oxygen atoms in total. The van der Waals surface area contributed by atoms with E-state index in [1.165, 1.54) is 5.56 Å². The van der Waals surface area contributed by atoms with Gasteiger partial charge in [-0.1, -0.05) is 6.07 Å². The molecule has 0 radical (unpaired) electrons. The fraction of sp³-hybridized carbons (Fsp3) is 0.533. The van der Waals surface area contributed by atoms with E-state index in [9.17, 15) is 4.79 Å². The van der Waals surface area contributed by atoms with Crippen molar-refractivity contribution in [3.05, 3.63) is 29.3 Å². The van der Waals surface area contributed by atoms with Gasteiger partial charge in [-0.3, -0.25) is 4.79 Å². The van der Waals surface area contributed by atoms with Crippen LogP contribution in [-0.2, 0) is 6.42 Å². The van der Waals surface area contributed by atoms with Gasteiger partial charge in [-0.05, 0) is 50.3 Å². The Morgan fingerprint density at radius 2 is 2.21 bits per heavy atom. The minimum absolute atomic E-state index is 0. The second-order valence-corrected chi connectivity index (χ2v) is 5.35. The number of benzene rings is 1. The number of fused-ring (bicyclic) bond motifs is 1. The Balaban J connectivity index is 0.00000133. The first kappa shape index (κ1) is 14.2. The predicted octanol–water partition coefficient (Wildman–Crippen LogP) is 3.09. The topological polar surface area (TPSA) is 32.3 Å². The summed E-state index contributed by atoms with van der Waals surface area (Å²) in [7, 11) is 0. The molecule has 19 heavy (non-hydrogen) atoms. The van der Waals surface area contributed by atoms with E-state index in [4.69, 9.17) is 0 Å². The van der Waals surface area contributed by atoms with Crippen LogP contribution in [0.5, 0.6) is 0 Å². The summed E-state index contributed by atoms with van der Waals surface area (Å²) in [6.45, 7) is 4.08. The number of anilines is 1. The van der Waals surface area contributed by atoms with E-state index in [0.29, 0.717) is 6.04 Å². The summed E-state index contributed by atoms with van der Waals surface area (Å²) in [5.41, 5.74) is 3.28. The Morgan fingerprint density at radius 1 is 1.37 bits per heavy atom. The number of nitrogens with zero attached hydrogens (tertiary/aromatic N) is 1. The van der Waals surface area contributed by atoms with E-state index >= 15 is 0 Å². The molecular formula is C15H21ClN2O. The van der Waals surface area contributed by atoms with Gasteiger partial charge in [-0.25, -0.2) is 0 Å². The Bertz CT molecular complexity index is 475. The molecule has 4 heteroatoms. The summed E-state index contributed by atoms with van der Waals surface area (Å²) >= 11 is 0. The molecule has 1 aromatic carbocycles. The zero-order valence-corrected chi connectivity index (χ0v) is 12.1. The van der Waals surface area contributed by atoms with E-state index in [1.807, 2.05) is 17.0 Å². The van der Waals surface area contributed by atoms with Crippen LogP contribution in [0.4, 0.5) is 5.69 Å². The van der Waals surface area contributed by atoms with Gasteiger partial charge in [-0.15, -0.1) is 12.4 Å². The summed E-state index contributed by atoms with van der Waals surface area (Å²) in [6, 6.07) is 6.45. The molecule has 2 aliphatic heterocycles. The highest BCUT2D eigenvalue weighted by molar-refractivity contribution is 5.97. The molecule has 0 aromatic heterocycles. The highest BCUT2D eigenvalue weighted by atomic mass is 35.5. The van der Waals surface area contributed by atoms with E-state index in [-0.39, 0.29) is 18.3 Å². The van der Waals surface area contributed by atoms with Crippen molar-refractivity contribution in [1.29, 1.82) is 0 Å². The van der Waals surface area contributed by atoms with Gasteiger partial charge in [0.15, 0.2) is 0 Å². The van der Waals surface area contributed by atoms with Gasteiger partial charge in [0.2, 0.25) is 0 Å². The molecule has 104 valence electrons. The summed E-state index contributed by atoms with van der Waals surface area (Å²) in [6.07, 6.45) is 4.42. The number of hydrogen-bond acceptors (Lipinski definition) is 2. The van der Waals surface area contributed by atoms with Gasteiger partial charge >= 0.3 is 0 Å². The molecule has 1 N–H and O–H groups in total. The van der Waals surface area contributed by atoms with E-state index in [2.05, 4.69) is 18.3 Å². The largest absolute Gasteiger partial charge is 0.385 e. The van der Waals surface area contributed by atoms with Gasteiger partial charge in [0, 0.05) is 30.4 Å². The van der Waals surface area contributed by atoms with Crippen LogP contribution in [0, 0.1) is 0 Å². The van der Waals surface area contributed by atoms with Crippen LogP contribution < -0.4 is 5.32 Å². The average molecular weight is 281 g/mol. The standard InChI is InChI=1S/C15H20N2O.ClH/c1-11-5-4-10-17(11)15(18)13-6-2-8-14-12(13)7-3-9-16-14;/h2,6,8,11,16H,3-5,7,9-10H2,1H3;1H. The van der Waals surface area contributed by atoms with Crippen molar-refractivity contribution in [1.82, 2.24) is 4.90 Å². The van der Waals surface area contributed by atoms with Crippen molar-refractivity contribution in [2.75, 3.05) is 18.4 Å². The number of amides is 1. The van der Waals surface area contributed by atoms with Crippen LogP contribution in [-0.4, -0.2) is 29.9 Å². The van der Waals surface area contributed by atoms with Crippen molar-refractivity contribution in [3.63, 3.8) is 0 Å². The average Bonchev–Trinajstić information content (AvgIpc) is 2.83. The second kappa shape index (κ2) is 5.83. The highest BCUT2D eigenvalue weighted by Crippen LogP contribution is 2.28. The van der Waals surface area contributed by atoms with Crippen LogP contribution in [0.3, 0.4) is 0 Å². The minimum Gasteiger partial charge on any atom is -0.385 e. The van der Waals surface area contributed by atoms with Crippen molar-refractivity contribution < 1.29 is 4.79 Å². The Kier molecular flexibility index (Phi) is 4.35. The number of rotatable bonds is 1. The summed E-state index contributed by atoms with van der Waals surface area (Å²) in [4.78, 5) is 14.7. The van der Waals surface area contributed by atoms with Crippen molar-refractivity contribution in [2.24, 2.45) is 0 Å². The molecule has 0 spiro atoms. The van der Waals surface area contributed by atoms with E-state index in [0.717, 1.165) is 50.0 Å². The molecule has 1 saturated heterocycles. The van der Waals surface area contributed by atoms with Crippen LogP contribution in [0.1, 0.15) is 42.1 Å². The molecule has 1 unspecified atom stereocenters. The van der Waals surface area contributed by atoms with Crippen LogP contribution in [0.25, 0.3) is 0 Å². The SMILES string of the molecule is CC1CCCN1C(=O)c1cccc2c1CCCN2.Cl. The number of hydrogen-bond donors (Lipinski definition) is 1. The zero-order chi connectivity index (χ0) is 12.5. The normalized spacial score (nSPS) is 21.3. The van der Waals surface area contributed by atoms with Gasteiger partial charge in [0.05, 0.1) is 0 Å². The zero-order valence-electron chi connectivity index (χ0n) is 11.3. The van der Waals surface area contributed by atoms with Gasteiger partial charge in [0.25, 0.3) is 5.91 Å². The molecule has 1 fully saturated rings. The molecule has 0 aliphatic carbocycles. The lowest BCUT2D eigenvalue weighted by Crippen LogP contribution is -2.34. The summed E-state index contributed by atoms with van der Waals surface area (Å²) in [5, 5.41) is 3.39. The quantitative estimate of drug-likeness (QED) is 0.857. The van der Waals surface area contributed by atoms with Gasteiger partial charge in [-0.2, -0.15) is 0 Å². The molecule has 0 saturated carbocycles. The molecule has 3 rings (SSSR count). The Hall–Kier alpha value is -1.22. The Labute approximate surface area is 120 Å². The maximum absolute atomic E-state index is 12.6.